The van der Waals surface area contributed by atoms with Gasteiger partial charge < -0.3 is 19.0 Å². The van der Waals surface area contributed by atoms with Crippen LogP contribution in [0.1, 0.15) is 0 Å². The van der Waals surface area contributed by atoms with Crippen molar-refractivity contribution >= 4 is 23.9 Å². The number of aliphatic hydroxyl groups is 1. The molecule has 0 saturated heterocycles. The van der Waals surface area contributed by atoms with Crippen LogP contribution in [0.5, 0.6) is 0 Å². The number of methoxy groups -OCH3 is 1. The lowest BCUT2D eigenvalue weighted by atomic mass is 10.2. The van der Waals surface area contributed by atoms with E-state index in [-0.39, 0.29) is 6.10 Å². The Labute approximate surface area is 178 Å². The van der Waals surface area contributed by atoms with Crippen LogP contribution in [0.4, 0.5) is 0 Å². The highest BCUT2D eigenvalue weighted by Crippen LogP contribution is 2.17. The summed E-state index contributed by atoms with van der Waals surface area (Å²) in [5.41, 5.74) is 0. The Kier molecular flexibility index (Phi) is 6.57. The Morgan fingerprint density at radius 1 is 0.767 bits per heavy atom. The third-order valence-corrected chi connectivity index (χ3v) is 9.39. The summed E-state index contributed by atoms with van der Waals surface area (Å²) < 4.78 is 18.0. The van der Waals surface area contributed by atoms with Gasteiger partial charge in [0.15, 0.2) is 6.29 Å². The van der Waals surface area contributed by atoms with E-state index in [9.17, 15) is 5.11 Å². The van der Waals surface area contributed by atoms with Crippen LogP contribution < -0.4 is 15.6 Å². The number of ether oxygens (including phenoxy) is 2. The van der Waals surface area contributed by atoms with Crippen molar-refractivity contribution in [1.82, 2.24) is 0 Å². The van der Waals surface area contributed by atoms with E-state index in [1.807, 2.05) is 24.3 Å². The predicted molar refractivity (Wildman–Crippen MR) is 121 cm³/mol. The number of hydrogen-bond acceptors (Lipinski definition) is 4. The molecule has 0 radical (unpaired) electrons. The Bertz CT molecular complexity index is 850. The Hall–Kier alpha value is -2.54. The van der Waals surface area contributed by atoms with E-state index >= 15 is 0 Å². The van der Waals surface area contributed by atoms with E-state index in [0.717, 1.165) is 0 Å². The predicted octanol–water partition coefficient (Wildman–Crippen LogP) is 1.96. The fourth-order valence-corrected chi connectivity index (χ4v) is 7.79. The van der Waals surface area contributed by atoms with Crippen LogP contribution in [-0.2, 0) is 13.9 Å². The lowest BCUT2D eigenvalue weighted by molar-refractivity contribution is -0.194. The first-order valence-electron chi connectivity index (χ1n) is 10.1. The molecular weight excluding hydrogens is 392 g/mol. The van der Waals surface area contributed by atoms with Crippen LogP contribution >= 0.6 is 0 Å². The molecule has 3 atom stereocenters. The van der Waals surface area contributed by atoms with Crippen LogP contribution in [0.2, 0.25) is 0 Å². The molecule has 0 aliphatic carbocycles. The number of hydrogen-bond donors (Lipinski definition) is 1. The van der Waals surface area contributed by atoms with Gasteiger partial charge in [-0.1, -0.05) is 103 Å². The van der Waals surface area contributed by atoms with Gasteiger partial charge in [0.2, 0.25) is 0 Å². The molecule has 4 nitrogen and oxygen atoms in total. The van der Waals surface area contributed by atoms with Crippen molar-refractivity contribution in [2.75, 3.05) is 13.7 Å². The quantitative estimate of drug-likeness (QED) is 0.362. The molecule has 1 aliphatic heterocycles. The second-order valence-electron chi connectivity index (χ2n) is 7.24. The lowest BCUT2D eigenvalue weighted by Gasteiger charge is -2.35. The average Bonchev–Trinajstić information content (AvgIpc) is 2.82. The fraction of sp³-hybridized carbons (Fsp3) is 0.200. The third kappa shape index (κ3) is 4.17. The van der Waals surface area contributed by atoms with Gasteiger partial charge in [0, 0.05) is 7.11 Å². The van der Waals surface area contributed by atoms with Gasteiger partial charge >= 0.3 is 0 Å². The normalized spacial score (nSPS) is 21.5. The standard InChI is InChI=1S/C25H26O4Si/c1-27-25-24(26)18-17-20(29-25)19-28-30(21-11-5-2-6-12-21,22-13-7-3-8-14-22)23-15-9-4-10-16-23/h2-18,20,24-26H,19H2,1H3/t20-,24+,25+/m0/s1. The van der Waals surface area contributed by atoms with Crippen molar-refractivity contribution in [1.29, 1.82) is 0 Å². The van der Waals surface area contributed by atoms with Crippen LogP contribution in [0.25, 0.3) is 0 Å². The van der Waals surface area contributed by atoms with E-state index < -0.39 is 20.7 Å². The molecule has 0 amide bonds. The molecule has 0 spiro atoms. The second-order valence-corrected chi connectivity index (χ2v) is 10.6. The molecule has 1 heterocycles. The minimum absolute atomic E-state index is 0.304. The molecule has 0 bridgehead atoms. The third-order valence-electron chi connectivity index (χ3n) is 5.35. The van der Waals surface area contributed by atoms with E-state index in [4.69, 9.17) is 13.9 Å². The first-order chi connectivity index (χ1) is 14.7. The van der Waals surface area contributed by atoms with Crippen molar-refractivity contribution in [2.45, 2.75) is 18.5 Å². The summed E-state index contributed by atoms with van der Waals surface area (Å²) in [5.74, 6) is 0. The fourth-order valence-electron chi connectivity index (χ4n) is 3.89. The summed E-state index contributed by atoms with van der Waals surface area (Å²) >= 11 is 0. The van der Waals surface area contributed by atoms with E-state index in [2.05, 4.69) is 72.8 Å². The molecule has 0 fully saturated rings. The maximum absolute atomic E-state index is 9.98. The Balaban J connectivity index is 1.77. The zero-order chi connectivity index (χ0) is 20.8. The van der Waals surface area contributed by atoms with Crippen molar-refractivity contribution < 1.29 is 19.0 Å². The Morgan fingerprint density at radius 3 is 1.67 bits per heavy atom. The molecule has 3 aromatic rings. The lowest BCUT2D eigenvalue weighted by Crippen LogP contribution is -2.69. The topological polar surface area (TPSA) is 47.9 Å². The zero-order valence-electron chi connectivity index (χ0n) is 16.9. The van der Waals surface area contributed by atoms with Crippen molar-refractivity contribution in [3.05, 3.63) is 103 Å². The highest BCUT2D eigenvalue weighted by atomic mass is 28.4. The SMILES string of the molecule is CO[C@@H]1O[C@H](CO[Si](c2ccccc2)(c2ccccc2)c2ccccc2)C=C[C@H]1O. The van der Waals surface area contributed by atoms with Crippen molar-refractivity contribution in [2.24, 2.45) is 0 Å². The summed E-state index contributed by atoms with van der Waals surface area (Å²) in [6.07, 6.45) is 1.79. The Morgan fingerprint density at radius 2 is 1.23 bits per heavy atom. The monoisotopic (exact) mass is 418 g/mol. The molecule has 1 N–H and O–H groups in total. The van der Waals surface area contributed by atoms with Gasteiger partial charge in [-0.05, 0) is 15.6 Å². The number of aliphatic hydroxyl groups excluding tert-OH is 1. The first-order valence-corrected chi connectivity index (χ1v) is 12.0. The summed E-state index contributed by atoms with van der Waals surface area (Å²) in [6, 6.07) is 31.3. The summed E-state index contributed by atoms with van der Waals surface area (Å²) in [7, 11) is -1.24. The maximum Gasteiger partial charge on any atom is 0.288 e. The minimum atomic E-state index is -2.77. The first kappa shape index (κ1) is 20.7. The molecule has 30 heavy (non-hydrogen) atoms. The molecule has 5 heteroatoms. The minimum Gasteiger partial charge on any atom is -0.401 e. The smallest absolute Gasteiger partial charge is 0.288 e. The molecule has 0 saturated carbocycles. The van der Waals surface area contributed by atoms with E-state index in [1.54, 1.807) is 6.08 Å². The molecule has 3 aromatic carbocycles. The van der Waals surface area contributed by atoms with E-state index in [1.165, 1.54) is 22.7 Å². The molecule has 1 aliphatic rings. The van der Waals surface area contributed by atoms with E-state index in [0.29, 0.717) is 6.61 Å². The van der Waals surface area contributed by atoms with Crippen molar-refractivity contribution in [3.63, 3.8) is 0 Å². The molecule has 4 rings (SSSR count). The van der Waals surface area contributed by atoms with Crippen molar-refractivity contribution in [3.8, 4) is 0 Å². The molecule has 154 valence electrons. The van der Waals surface area contributed by atoms with Crippen LogP contribution in [0.15, 0.2) is 103 Å². The molecule has 0 aromatic heterocycles. The number of rotatable bonds is 7. The molecule has 0 unspecified atom stereocenters. The van der Waals surface area contributed by atoms with Crippen LogP contribution in [0.3, 0.4) is 0 Å². The van der Waals surface area contributed by atoms with Gasteiger partial charge in [0.25, 0.3) is 8.32 Å². The number of benzene rings is 3. The van der Waals surface area contributed by atoms with Gasteiger partial charge in [-0.3, -0.25) is 0 Å². The summed E-state index contributed by atoms with van der Waals surface area (Å²) in [5, 5.41) is 13.5. The second kappa shape index (κ2) is 9.51. The van der Waals surface area contributed by atoms with Gasteiger partial charge in [-0.2, -0.15) is 0 Å². The van der Waals surface area contributed by atoms with Gasteiger partial charge in [-0.15, -0.1) is 0 Å². The van der Waals surface area contributed by atoms with Crippen LogP contribution in [-0.4, -0.2) is 45.6 Å². The van der Waals surface area contributed by atoms with Gasteiger partial charge in [-0.25, -0.2) is 0 Å². The maximum atomic E-state index is 9.98. The highest BCUT2D eigenvalue weighted by molar-refractivity contribution is 7.07. The largest absolute Gasteiger partial charge is 0.401 e. The highest BCUT2D eigenvalue weighted by Gasteiger charge is 2.42. The van der Waals surface area contributed by atoms with Gasteiger partial charge in [0.1, 0.15) is 12.2 Å². The summed E-state index contributed by atoms with van der Waals surface area (Å²) in [6.45, 7) is 0.355. The van der Waals surface area contributed by atoms with Gasteiger partial charge in [0.05, 0.1) is 6.61 Å². The summed E-state index contributed by atoms with van der Waals surface area (Å²) in [4.78, 5) is 0. The van der Waals surface area contributed by atoms with Crippen LogP contribution in [0, 0.1) is 0 Å². The average molecular weight is 419 g/mol. The molecular formula is C25H26O4Si. The zero-order valence-corrected chi connectivity index (χ0v) is 17.9.